The molecule has 2 heterocycles. The number of nitrogens with zero attached hydrogens (tertiary/aromatic N) is 3. The van der Waals surface area contributed by atoms with Crippen LogP contribution >= 0.6 is 0 Å². The number of aromatic nitrogens is 3. The predicted molar refractivity (Wildman–Crippen MR) is 78.3 cm³/mol. The quantitative estimate of drug-likeness (QED) is 0.727. The first-order valence-electron chi connectivity index (χ1n) is 6.59. The Hall–Kier alpha value is -1.81. The van der Waals surface area contributed by atoms with Gasteiger partial charge in [-0.2, -0.15) is 0 Å². The molecule has 100 valence electrons. The number of aryl methyl sites for hydroxylation is 1. The van der Waals surface area contributed by atoms with Gasteiger partial charge in [0.2, 0.25) is 5.78 Å². The van der Waals surface area contributed by atoms with Gasteiger partial charge < -0.3 is 10.3 Å². The molecule has 2 aromatic heterocycles. The van der Waals surface area contributed by atoms with E-state index in [0.29, 0.717) is 6.54 Å². The maximum atomic E-state index is 5.74. The normalized spacial score (nSPS) is 12.7. The number of hydrogen-bond acceptors (Lipinski definition) is 2. The van der Waals surface area contributed by atoms with Crippen LogP contribution in [0, 0.1) is 0 Å². The zero-order valence-corrected chi connectivity index (χ0v) is 11.9. The number of hydrogen-bond donors (Lipinski definition) is 1. The topological polar surface area (TPSA) is 48.2 Å². The van der Waals surface area contributed by atoms with Crippen molar-refractivity contribution in [2.75, 3.05) is 0 Å². The molecule has 19 heavy (non-hydrogen) atoms. The van der Waals surface area contributed by atoms with Gasteiger partial charge in [-0.15, -0.1) is 0 Å². The van der Waals surface area contributed by atoms with Crippen molar-refractivity contribution in [3.8, 4) is 0 Å². The van der Waals surface area contributed by atoms with Gasteiger partial charge in [0.1, 0.15) is 0 Å². The monoisotopic (exact) mass is 256 g/mol. The summed E-state index contributed by atoms with van der Waals surface area (Å²) in [5.74, 6) is 0.946. The lowest BCUT2D eigenvalue weighted by Gasteiger charge is -2.18. The molecule has 3 aromatic rings. The third-order valence-corrected chi connectivity index (χ3v) is 3.75. The molecule has 0 atom stereocenters. The van der Waals surface area contributed by atoms with E-state index in [0.717, 1.165) is 22.5 Å². The zero-order chi connectivity index (χ0) is 13.8. The Morgan fingerprint density at radius 3 is 2.63 bits per heavy atom. The summed E-state index contributed by atoms with van der Waals surface area (Å²) in [6, 6.07) is 6.52. The van der Waals surface area contributed by atoms with Crippen LogP contribution in [0.4, 0.5) is 0 Å². The molecular weight excluding hydrogens is 236 g/mol. The van der Waals surface area contributed by atoms with Crippen molar-refractivity contribution in [1.29, 1.82) is 0 Å². The first kappa shape index (κ1) is 12.2. The number of imidazole rings is 2. The molecular formula is C15H20N4. The predicted octanol–water partition coefficient (Wildman–Crippen LogP) is 2.58. The molecule has 0 spiro atoms. The Labute approximate surface area is 112 Å². The summed E-state index contributed by atoms with van der Waals surface area (Å²) in [4.78, 5) is 4.73. The maximum absolute atomic E-state index is 5.74. The van der Waals surface area contributed by atoms with Crippen LogP contribution < -0.4 is 5.73 Å². The highest BCUT2D eigenvalue weighted by molar-refractivity contribution is 5.80. The fourth-order valence-corrected chi connectivity index (χ4v) is 2.47. The van der Waals surface area contributed by atoms with Crippen molar-refractivity contribution in [3.63, 3.8) is 0 Å². The van der Waals surface area contributed by atoms with E-state index in [4.69, 9.17) is 10.7 Å². The third kappa shape index (κ3) is 1.75. The van der Waals surface area contributed by atoms with E-state index < -0.39 is 0 Å². The van der Waals surface area contributed by atoms with E-state index >= 15 is 0 Å². The molecule has 0 radical (unpaired) electrons. The highest BCUT2D eigenvalue weighted by Gasteiger charge is 2.16. The first-order chi connectivity index (χ1) is 8.91. The summed E-state index contributed by atoms with van der Waals surface area (Å²) >= 11 is 0. The van der Waals surface area contributed by atoms with Crippen LogP contribution in [0.5, 0.6) is 0 Å². The lowest BCUT2D eigenvalue weighted by molar-refractivity contribution is 0.591. The summed E-state index contributed by atoms with van der Waals surface area (Å²) < 4.78 is 4.17. The van der Waals surface area contributed by atoms with Crippen LogP contribution in [0.15, 0.2) is 24.4 Å². The average Bonchev–Trinajstić information content (AvgIpc) is 2.85. The Balaban J connectivity index is 2.30. The van der Waals surface area contributed by atoms with E-state index in [1.54, 1.807) is 0 Å². The minimum atomic E-state index is 0.145. The molecule has 4 nitrogen and oxygen atoms in total. The second-order valence-electron chi connectivity index (χ2n) is 6.12. The standard InChI is InChI=1S/C15H20N4/c1-15(2,3)10-5-6-13-12(7-10)17-14-18(4)11(8-16)9-19(13)14/h5-7,9H,8,16H2,1-4H3. The highest BCUT2D eigenvalue weighted by Crippen LogP contribution is 2.27. The Bertz CT molecular complexity index is 756. The Kier molecular flexibility index (Phi) is 2.47. The van der Waals surface area contributed by atoms with Crippen LogP contribution in [0.25, 0.3) is 16.8 Å². The second kappa shape index (κ2) is 3.84. The Morgan fingerprint density at radius 1 is 1.26 bits per heavy atom. The van der Waals surface area contributed by atoms with Crippen molar-refractivity contribution in [2.24, 2.45) is 12.8 Å². The van der Waals surface area contributed by atoms with E-state index in [1.807, 2.05) is 7.05 Å². The number of nitrogens with two attached hydrogens (primary N) is 1. The molecule has 0 aliphatic carbocycles. The molecule has 0 unspecified atom stereocenters. The molecule has 0 aliphatic rings. The summed E-state index contributed by atoms with van der Waals surface area (Å²) in [6.07, 6.45) is 2.07. The molecule has 0 bridgehead atoms. The van der Waals surface area contributed by atoms with Gasteiger partial charge in [-0.25, -0.2) is 4.98 Å². The summed E-state index contributed by atoms with van der Waals surface area (Å²) in [5, 5.41) is 0. The van der Waals surface area contributed by atoms with E-state index in [-0.39, 0.29) is 5.41 Å². The maximum Gasteiger partial charge on any atom is 0.214 e. The van der Waals surface area contributed by atoms with E-state index in [1.165, 1.54) is 5.56 Å². The highest BCUT2D eigenvalue weighted by atomic mass is 15.2. The van der Waals surface area contributed by atoms with Gasteiger partial charge in [0.15, 0.2) is 0 Å². The third-order valence-electron chi connectivity index (χ3n) is 3.75. The van der Waals surface area contributed by atoms with Gasteiger partial charge in [-0.3, -0.25) is 4.40 Å². The number of rotatable bonds is 1. The minimum absolute atomic E-state index is 0.145. The van der Waals surface area contributed by atoms with Crippen molar-refractivity contribution < 1.29 is 0 Å². The molecule has 4 heteroatoms. The number of fused-ring (bicyclic) bond motifs is 3. The summed E-state index contributed by atoms with van der Waals surface area (Å²) in [7, 11) is 2.01. The SMILES string of the molecule is Cn1c(CN)cn2c3ccc(C(C)(C)C)cc3nc12. The van der Waals surface area contributed by atoms with Gasteiger partial charge in [0.25, 0.3) is 0 Å². The summed E-state index contributed by atoms with van der Waals surface area (Å²) in [5.41, 5.74) is 10.5. The first-order valence-corrected chi connectivity index (χ1v) is 6.59. The van der Waals surface area contributed by atoms with Crippen molar-refractivity contribution in [3.05, 3.63) is 35.7 Å². The van der Waals surface area contributed by atoms with Gasteiger partial charge in [0.05, 0.1) is 16.7 Å². The molecule has 0 saturated carbocycles. The molecule has 2 N–H and O–H groups in total. The van der Waals surface area contributed by atoms with E-state index in [2.05, 4.69) is 54.1 Å². The fraction of sp³-hybridized carbons (Fsp3) is 0.400. The summed E-state index contributed by atoms with van der Waals surface area (Å²) in [6.45, 7) is 7.19. The van der Waals surface area contributed by atoms with Gasteiger partial charge >= 0.3 is 0 Å². The molecule has 1 aromatic carbocycles. The average molecular weight is 256 g/mol. The molecule has 0 saturated heterocycles. The van der Waals surface area contributed by atoms with E-state index in [9.17, 15) is 0 Å². The van der Waals surface area contributed by atoms with Crippen LogP contribution in [0.3, 0.4) is 0 Å². The van der Waals surface area contributed by atoms with Crippen molar-refractivity contribution in [2.45, 2.75) is 32.7 Å². The van der Waals surface area contributed by atoms with Gasteiger partial charge in [-0.1, -0.05) is 26.8 Å². The van der Waals surface area contributed by atoms with Crippen LogP contribution in [-0.4, -0.2) is 14.0 Å². The molecule has 0 fully saturated rings. The zero-order valence-electron chi connectivity index (χ0n) is 11.9. The lowest BCUT2D eigenvalue weighted by Crippen LogP contribution is -2.10. The van der Waals surface area contributed by atoms with Crippen molar-refractivity contribution >= 4 is 16.8 Å². The largest absolute Gasteiger partial charge is 0.325 e. The minimum Gasteiger partial charge on any atom is -0.325 e. The van der Waals surface area contributed by atoms with Gasteiger partial charge in [0, 0.05) is 19.8 Å². The smallest absolute Gasteiger partial charge is 0.214 e. The number of benzene rings is 1. The van der Waals surface area contributed by atoms with Crippen molar-refractivity contribution in [1.82, 2.24) is 14.0 Å². The molecule has 0 amide bonds. The van der Waals surface area contributed by atoms with Gasteiger partial charge in [-0.05, 0) is 23.1 Å². The second-order valence-corrected chi connectivity index (χ2v) is 6.12. The van der Waals surface area contributed by atoms with Crippen LogP contribution in [0.2, 0.25) is 0 Å². The fourth-order valence-electron chi connectivity index (χ4n) is 2.47. The molecule has 3 rings (SSSR count). The molecule has 0 aliphatic heterocycles. The Morgan fingerprint density at radius 2 is 2.00 bits per heavy atom. The van der Waals surface area contributed by atoms with Crippen LogP contribution in [-0.2, 0) is 19.0 Å². The van der Waals surface area contributed by atoms with Crippen LogP contribution in [0.1, 0.15) is 32.0 Å². The lowest BCUT2D eigenvalue weighted by atomic mass is 9.87.